The fourth-order valence-electron chi connectivity index (χ4n) is 3.38. The van der Waals surface area contributed by atoms with Crippen LogP contribution < -0.4 is 5.32 Å². The van der Waals surface area contributed by atoms with Crippen molar-refractivity contribution in [3.8, 4) is 0 Å². The van der Waals surface area contributed by atoms with Gasteiger partial charge in [0.05, 0.1) is 0 Å². The number of nitrogens with one attached hydrogen (secondary N) is 1. The molecule has 26 heavy (non-hydrogen) atoms. The van der Waals surface area contributed by atoms with Crippen LogP contribution in [0.15, 0.2) is 0 Å². The van der Waals surface area contributed by atoms with Crippen molar-refractivity contribution in [2.75, 3.05) is 26.4 Å². The molecule has 0 bridgehead atoms. The summed E-state index contributed by atoms with van der Waals surface area (Å²) in [4.78, 5) is 0. The maximum atomic E-state index is 6.32. The van der Waals surface area contributed by atoms with Crippen molar-refractivity contribution in [2.45, 2.75) is 110 Å². The van der Waals surface area contributed by atoms with Crippen LogP contribution in [0.3, 0.4) is 0 Å². The molecule has 1 fully saturated rings. The predicted octanol–water partition coefficient (Wildman–Crippen LogP) is 5.69. The molecule has 0 aromatic carbocycles. The van der Waals surface area contributed by atoms with Gasteiger partial charge in [-0.15, -0.1) is 0 Å². The number of hydrogen-bond acceptors (Lipinski definition) is 4. The Labute approximate surface area is 164 Å². The maximum Gasteiger partial charge on any atom is 0.501 e. The average molecular weight is 388 g/mol. The molecule has 0 atom stereocenters. The summed E-state index contributed by atoms with van der Waals surface area (Å²) in [6, 6.07) is 1.67. The number of unbranched alkanes of at least 4 members (excludes halogenated alkanes) is 3. The predicted molar refractivity (Wildman–Crippen MR) is 113 cm³/mol. The number of hydrogen-bond donors (Lipinski definition) is 1. The average Bonchev–Trinajstić information content (AvgIpc) is 2.67. The van der Waals surface area contributed by atoms with E-state index >= 15 is 0 Å². The third kappa shape index (κ3) is 11.0. The smallest absolute Gasteiger partial charge is 0.373 e. The summed E-state index contributed by atoms with van der Waals surface area (Å²) in [7, 11) is -2.53. The Hall–Kier alpha value is 0.0569. The summed E-state index contributed by atoms with van der Waals surface area (Å²) in [5.41, 5.74) is 0. The minimum Gasteiger partial charge on any atom is -0.373 e. The highest BCUT2D eigenvalue weighted by Gasteiger charge is 2.40. The highest BCUT2D eigenvalue weighted by molar-refractivity contribution is 6.60. The van der Waals surface area contributed by atoms with Crippen molar-refractivity contribution in [2.24, 2.45) is 0 Å². The van der Waals surface area contributed by atoms with E-state index in [1.54, 1.807) is 0 Å². The van der Waals surface area contributed by atoms with E-state index < -0.39 is 8.80 Å². The van der Waals surface area contributed by atoms with E-state index in [-0.39, 0.29) is 0 Å². The first-order chi connectivity index (χ1) is 12.8. The van der Waals surface area contributed by atoms with Gasteiger partial charge in [0, 0.05) is 31.9 Å². The number of rotatable bonds is 17. The lowest BCUT2D eigenvalue weighted by atomic mass is 9.95. The van der Waals surface area contributed by atoms with E-state index in [2.05, 4.69) is 26.1 Å². The molecule has 0 saturated heterocycles. The molecule has 1 saturated carbocycles. The van der Waals surface area contributed by atoms with Crippen LogP contribution in [-0.4, -0.2) is 41.2 Å². The van der Waals surface area contributed by atoms with Gasteiger partial charge in [0.25, 0.3) is 0 Å². The van der Waals surface area contributed by atoms with Gasteiger partial charge in [-0.2, -0.15) is 0 Å². The lowest BCUT2D eigenvalue weighted by Gasteiger charge is -2.30. The summed E-state index contributed by atoms with van der Waals surface area (Å²) in [6.07, 6.45) is 14.7. The van der Waals surface area contributed by atoms with Gasteiger partial charge >= 0.3 is 8.80 Å². The molecule has 1 rings (SSSR count). The normalized spacial score (nSPS) is 16.3. The molecule has 0 aromatic heterocycles. The Bertz CT molecular complexity index is 285. The molecule has 1 aliphatic rings. The largest absolute Gasteiger partial charge is 0.501 e. The van der Waals surface area contributed by atoms with Crippen molar-refractivity contribution < 1.29 is 13.3 Å². The van der Waals surface area contributed by atoms with Gasteiger partial charge in [-0.05, 0) is 45.1 Å². The minimum absolute atomic E-state index is 0.725. The van der Waals surface area contributed by atoms with E-state index in [1.165, 1.54) is 32.1 Å². The summed E-state index contributed by atoms with van der Waals surface area (Å²) in [5, 5.41) is 3.75. The maximum absolute atomic E-state index is 6.32. The Morgan fingerprint density at radius 3 is 1.69 bits per heavy atom. The van der Waals surface area contributed by atoms with Gasteiger partial charge in [-0.1, -0.05) is 59.3 Å². The molecule has 0 aliphatic heterocycles. The van der Waals surface area contributed by atoms with E-state index in [1.807, 2.05) is 0 Å². The first kappa shape index (κ1) is 24.1. The van der Waals surface area contributed by atoms with Crippen LogP contribution in [-0.2, 0) is 13.3 Å². The van der Waals surface area contributed by atoms with E-state index in [0.717, 1.165) is 83.4 Å². The third-order valence-corrected chi connectivity index (χ3v) is 8.06. The Kier molecular flexibility index (Phi) is 14.9. The molecule has 0 spiro atoms. The molecular formula is C21H45NO3Si. The molecule has 156 valence electrons. The van der Waals surface area contributed by atoms with Crippen LogP contribution in [0.1, 0.15) is 97.8 Å². The molecule has 1 N–H and O–H groups in total. The second-order valence-corrected chi connectivity index (χ2v) is 10.4. The highest BCUT2D eigenvalue weighted by atomic mass is 28.4. The van der Waals surface area contributed by atoms with Crippen LogP contribution in [0, 0.1) is 0 Å². The first-order valence-electron chi connectivity index (χ1n) is 11.4. The lowest BCUT2D eigenvalue weighted by molar-refractivity contribution is 0.0558. The lowest BCUT2D eigenvalue weighted by Crippen LogP contribution is -2.47. The second kappa shape index (κ2) is 16.1. The van der Waals surface area contributed by atoms with Crippen LogP contribution in [0.5, 0.6) is 0 Å². The molecule has 0 unspecified atom stereocenters. The van der Waals surface area contributed by atoms with Crippen LogP contribution in [0.2, 0.25) is 6.04 Å². The van der Waals surface area contributed by atoms with E-state index in [0.29, 0.717) is 0 Å². The molecule has 0 heterocycles. The minimum atomic E-state index is -2.53. The van der Waals surface area contributed by atoms with Crippen LogP contribution >= 0.6 is 0 Å². The van der Waals surface area contributed by atoms with Gasteiger partial charge in [0.2, 0.25) is 0 Å². The topological polar surface area (TPSA) is 39.7 Å². The SMILES string of the molecule is CCCCO[Si](CCCNC1CCCCC1)(OCCCC)OCCCC. The fourth-order valence-corrected chi connectivity index (χ4v) is 6.03. The summed E-state index contributed by atoms with van der Waals surface area (Å²) < 4.78 is 19.0. The van der Waals surface area contributed by atoms with Crippen molar-refractivity contribution in [1.82, 2.24) is 5.32 Å². The molecule has 5 heteroatoms. The Morgan fingerprint density at radius 1 is 0.731 bits per heavy atom. The quantitative estimate of drug-likeness (QED) is 0.257. The standard InChI is InChI=1S/C21H45NO3Si/c1-4-7-17-23-26(24-18-8-5-2,25-19-9-6-3)20-13-16-22-21-14-11-10-12-15-21/h21-22H,4-20H2,1-3H3. The van der Waals surface area contributed by atoms with Crippen molar-refractivity contribution in [3.05, 3.63) is 0 Å². The molecule has 4 nitrogen and oxygen atoms in total. The highest BCUT2D eigenvalue weighted by Crippen LogP contribution is 2.21. The van der Waals surface area contributed by atoms with Gasteiger partial charge in [0.1, 0.15) is 0 Å². The molecule has 0 aromatic rings. The Balaban J connectivity index is 2.48. The van der Waals surface area contributed by atoms with Gasteiger partial charge in [-0.25, -0.2) is 0 Å². The Morgan fingerprint density at radius 2 is 1.23 bits per heavy atom. The molecule has 1 aliphatic carbocycles. The van der Waals surface area contributed by atoms with Crippen LogP contribution in [0.25, 0.3) is 0 Å². The third-order valence-electron chi connectivity index (χ3n) is 5.16. The van der Waals surface area contributed by atoms with Gasteiger partial charge in [0.15, 0.2) is 0 Å². The summed E-state index contributed by atoms with van der Waals surface area (Å²) in [5.74, 6) is 0. The molecular weight excluding hydrogens is 342 g/mol. The van der Waals surface area contributed by atoms with Gasteiger partial charge < -0.3 is 18.6 Å². The van der Waals surface area contributed by atoms with Crippen molar-refractivity contribution in [3.63, 3.8) is 0 Å². The van der Waals surface area contributed by atoms with Crippen molar-refractivity contribution in [1.29, 1.82) is 0 Å². The zero-order valence-corrected chi connectivity index (χ0v) is 18.8. The molecule has 0 amide bonds. The van der Waals surface area contributed by atoms with Gasteiger partial charge in [-0.3, -0.25) is 0 Å². The van der Waals surface area contributed by atoms with E-state index in [4.69, 9.17) is 13.3 Å². The molecule has 0 radical (unpaired) electrons. The van der Waals surface area contributed by atoms with E-state index in [9.17, 15) is 0 Å². The first-order valence-corrected chi connectivity index (χ1v) is 13.3. The second-order valence-electron chi connectivity index (χ2n) is 7.68. The monoisotopic (exact) mass is 387 g/mol. The van der Waals surface area contributed by atoms with Crippen molar-refractivity contribution >= 4 is 8.80 Å². The summed E-state index contributed by atoms with van der Waals surface area (Å²) in [6.45, 7) is 10.00. The zero-order valence-electron chi connectivity index (χ0n) is 17.8. The zero-order chi connectivity index (χ0) is 18.9. The summed E-state index contributed by atoms with van der Waals surface area (Å²) >= 11 is 0. The fraction of sp³-hybridized carbons (Fsp3) is 1.00. The van der Waals surface area contributed by atoms with Crippen LogP contribution in [0.4, 0.5) is 0 Å².